The fourth-order valence-electron chi connectivity index (χ4n) is 1.60. The number of nitro benzene ring substituents is 1. The lowest BCUT2D eigenvalue weighted by Gasteiger charge is -2.05. The van der Waals surface area contributed by atoms with Gasteiger partial charge in [0.25, 0.3) is 5.69 Å². The standard InChI is InChI=1S/C12H13N3O2S/c1-8-3-4-10(5-12(8)15(16)17)13-6-11-7-18-9(2)14-11/h3-5,7,13H,6H2,1-2H3. The van der Waals surface area contributed by atoms with Gasteiger partial charge in [0.15, 0.2) is 0 Å². The van der Waals surface area contributed by atoms with E-state index in [2.05, 4.69) is 10.3 Å². The first-order chi connectivity index (χ1) is 8.56. The van der Waals surface area contributed by atoms with Gasteiger partial charge in [-0.1, -0.05) is 6.07 Å². The quantitative estimate of drug-likeness (QED) is 0.679. The molecule has 2 aromatic rings. The molecule has 0 amide bonds. The van der Waals surface area contributed by atoms with Crippen LogP contribution in [0, 0.1) is 24.0 Å². The molecule has 0 aliphatic carbocycles. The lowest BCUT2D eigenvalue weighted by molar-refractivity contribution is -0.385. The highest BCUT2D eigenvalue weighted by atomic mass is 32.1. The van der Waals surface area contributed by atoms with Crippen LogP contribution in [0.15, 0.2) is 23.6 Å². The van der Waals surface area contributed by atoms with Gasteiger partial charge in [0.2, 0.25) is 0 Å². The topological polar surface area (TPSA) is 68.1 Å². The van der Waals surface area contributed by atoms with E-state index in [1.54, 1.807) is 30.4 Å². The Morgan fingerprint density at radius 3 is 2.83 bits per heavy atom. The second-order valence-corrected chi connectivity index (χ2v) is 5.03. The number of benzene rings is 1. The van der Waals surface area contributed by atoms with Crippen molar-refractivity contribution in [1.29, 1.82) is 0 Å². The molecule has 5 nitrogen and oxygen atoms in total. The van der Waals surface area contributed by atoms with Crippen LogP contribution in [-0.4, -0.2) is 9.91 Å². The number of thiazole rings is 1. The predicted molar refractivity (Wildman–Crippen MR) is 72.0 cm³/mol. The number of nitro groups is 1. The lowest BCUT2D eigenvalue weighted by Crippen LogP contribution is -2.01. The molecule has 6 heteroatoms. The van der Waals surface area contributed by atoms with Gasteiger partial charge in [0.05, 0.1) is 22.2 Å². The van der Waals surface area contributed by atoms with Crippen molar-refractivity contribution >= 4 is 22.7 Å². The molecule has 0 spiro atoms. The third-order valence-electron chi connectivity index (χ3n) is 2.55. The van der Waals surface area contributed by atoms with Crippen LogP contribution in [-0.2, 0) is 6.54 Å². The van der Waals surface area contributed by atoms with Crippen LogP contribution in [0.5, 0.6) is 0 Å². The highest BCUT2D eigenvalue weighted by Gasteiger charge is 2.10. The van der Waals surface area contributed by atoms with E-state index in [1.165, 1.54) is 0 Å². The molecule has 1 N–H and O–H groups in total. The van der Waals surface area contributed by atoms with E-state index in [1.807, 2.05) is 18.4 Å². The fourth-order valence-corrected chi connectivity index (χ4v) is 2.21. The fraction of sp³-hybridized carbons (Fsp3) is 0.250. The van der Waals surface area contributed by atoms with E-state index in [0.29, 0.717) is 12.1 Å². The van der Waals surface area contributed by atoms with Crippen molar-refractivity contribution in [3.8, 4) is 0 Å². The van der Waals surface area contributed by atoms with Crippen LogP contribution in [0.2, 0.25) is 0 Å². The summed E-state index contributed by atoms with van der Waals surface area (Å²) in [5, 5.41) is 16.9. The van der Waals surface area contributed by atoms with Gasteiger partial charge >= 0.3 is 0 Å². The summed E-state index contributed by atoms with van der Waals surface area (Å²) in [6.45, 7) is 4.25. The number of hydrogen-bond acceptors (Lipinski definition) is 5. The summed E-state index contributed by atoms with van der Waals surface area (Å²) in [6.07, 6.45) is 0. The van der Waals surface area contributed by atoms with Gasteiger partial charge in [0.1, 0.15) is 0 Å². The first-order valence-electron chi connectivity index (χ1n) is 5.46. The molecular formula is C12H13N3O2S. The van der Waals surface area contributed by atoms with Crippen molar-refractivity contribution < 1.29 is 4.92 Å². The van der Waals surface area contributed by atoms with Crippen LogP contribution in [0.3, 0.4) is 0 Å². The lowest BCUT2D eigenvalue weighted by atomic mass is 10.2. The Kier molecular flexibility index (Phi) is 3.57. The van der Waals surface area contributed by atoms with Gasteiger partial charge in [-0.25, -0.2) is 4.98 Å². The second-order valence-electron chi connectivity index (χ2n) is 3.97. The molecule has 0 fully saturated rings. The Bertz CT molecular complexity index is 580. The monoisotopic (exact) mass is 263 g/mol. The van der Waals surface area contributed by atoms with Crippen LogP contribution >= 0.6 is 11.3 Å². The minimum absolute atomic E-state index is 0.134. The largest absolute Gasteiger partial charge is 0.379 e. The summed E-state index contributed by atoms with van der Waals surface area (Å²) in [5.41, 5.74) is 2.48. The number of hydrogen-bond donors (Lipinski definition) is 1. The molecule has 1 aromatic heterocycles. The minimum Gasteiger partial charge on any atom is -0.379 e. The van der Waals surface area contributed by atoms with Crippen LogP contribution < -0.4 is 5.32 Å². The molecule has 0 unspecified atom stereocenters. The second kappa shape index (κ2) is 5.14. The van der Waals surface area contributed by atoms with Crippen LogP contribution in [0.4, 0.5) is 11.4 Å². The van der Waals surface area contributed by atoms with Crippen LogP contribution in [0.1, 0.15) is 16.3 Å². The molecule has 1 aromatic carbocycles. The van der Waals surface area contributed by atoms with E-state index in [4.69, 9.17) is 0 Å². The molecule has 2 rings (SSSR count). The van der Waals surface area contributed by atoms with Gasteiger partial charge in [-0.05, 0) is 19.9 Å². The molecular weight excluding hydrogens is 250 g/mol. The maximum absolute atomic E-state index is 10.8. The first kappa shape index (κ1) is 12.5. The number of nitrogens with zero attached hydrogens (tertiary/aromatic N) is 2. The summed E-state index contributed by atoms with van der Waals surface area (Å²) in [5.74, 6) is 0. The van der Waals surface area contributed by atoms with Gasteiger partial charge in [-0.2, -0.15) is 0 Å². The molecule has 0 saturated carbocycles. The molecule has 0 aliphatic rings. The number of aryl methyl sites for hydroxylation is 2. The molecule has 94 valence electrons. The predicted octanol–water partition coefficient (Wildman–Crippen LogP) is 3.28. The third-order valence-corrected chi connectivity index (χ3v) is 3.37. The molecule has 0 radical (unpaired) electrons. The van der Waals surface area contributed by atoms with Gasteiger partial charge in [-0.3, -0.25) is 10.1 Å². The highest BCUT2D eigenvalue weighted by Crippen LogP contribution is 2.22. The molecule has 0 bridgehead atoms. The zero-order valence-electron chi connectivity index (χ0n) is 10.1. The van der Waals surface area contributed by atoms with Gasteiger partial charge in [0, 0.05) is 22.7 Å². The number of anilines is 1. The van der Waals surface area contributed by atoms with Crippen LogP contribution in [0.25, 0.3) is 0 Å². The van der Waals surface area contributed by atoms with Gasteiger partial charge < -0.3 is 5.32 Å². The zero-order valence-corrected chi connectivity index (χ0v) is 11.0. The summed E-state index contributed by atoms with van der Waals surface area (Å²) in [7, 11) is 0. The normalized spacial score (nSPS) is 10.3. The maximum Gasteiger partial charge on any atom is 0.274 e. The van der Waals surface area contributed by atoms with E-state index in [-0.39, 0.29) is 10.6 Å². The average Bonchev–Trinajstić information content (AvgIpc) is 2.74. The number of aromatic nitrogens is 1. The molecule has 0 aliphatic heterocycles. The average molecular weight is 263 g/mol. The number of rotatable bonds is 4. The number of nitrogens with one attached hydrogen (secondary N) is 1. The first-order valence-corrected chi connectivity index (χ1v) is 6.34. The summed E-state index contributed by atoms with van der Waals surface area (Å²) < 4.78 is 0. The van der Waals surface area contributed by atoms with E-state index < -0.39 is 0 Å². The van der Waals surface area contributed by atoms with Crippen molar-refractivity contribution in [1.82, 2.24) is 4.98 Å². The Morgan fingerprint density at radius 2 is 2.22 bits per heavy atom. The van der Waals surface area contributed by atoms with Crippen molar-refractivity contribution in [2.75, 3.05) is 5.32 Å². The SMILES string of the molecule is Cc1nc(CNc2ccc(C)c([N+](=O)[O-])c2)cs1. The minimum atomic E-state index is -0.368. The zero-order chi connectivity index (χ0) is 13.1. The van der Waals surface area contributed by atoms with Gasteiger partial charge in [-0.15, -0.1) is 11.3 Å². The molecule has 0 atom stereocenters. The van der Waals surface area contributed by atoms with Crippen molar-refractivity contribution in [2.45, 2.75) is 20.4 Å². The molecule has 1 heterocycles. The van der Waals surface area contributed by atoms with E-state index in [9.17, 15) is 10.1 Å². The third kappa shape index (κ3) is 2.84. The Labute approximate surface area is 109 Å². The smallest absolute Gasteiger partial charge is 0.274 e. The Hall–Kier alpha value is -1.95. The molecule has 18 heavy (non-hydrogen) atoms. The van der Waals surface area contributed by atoms with Crippen molar-refractivity contribution in [2.24, 2.45) is 0 Å². The summed E-state index contributed by atoms with van der Waals surface area (Å²) in [4.78, 5) is 14.8. The van der Waals surface area contributed by atoms with Crippen molar-refractivity contribution in [3.63, 3.8) is 0 Å². The molecule has 0 saturated heterocycles. The highest BCUT2D eigenvalue weighted by molar-refractivity contribution is 7.09. The van der Waals surface area contributed by atoms with Crippen molar-refractivity contribution in [3.05, 3.63) is 50.0 Å². The maximum atomic E-state index is 10.8. The summed E-state index contributed by atoms with van der Waals surface area (Å²) in [6, 6.07) is 5.13. The summed E-state index contributed by atoms with van der Waals surface area (Å²) >= 11 is 1.59. The Balaban J connectivity index is 2.10. The van der Waals surface area contributed by atoms with E-state index >= 15 is 0 Å². The van der Waals surface area contributed by atoms with E-state index in [0.717, 1.165) is 16.4 Å². The Morgan fingerprint density at radius 1 is 1.44 bits per heavy atom.